The molecule has 4 nitrogen and oxygen atoms in total. The van der Waals surface area contributed by atoms with Crippen LogP contribution in [0, 0.1) is 6.92 Å². The number of thiazole rings is 1. The Morgan fingerprint density at radius 3 is 2.85 bits per heavy atom. The number of aryl methyl sites for hydroxylation is 1. The zero-order valence-corrected chi connectivity index (χ0v) is 13.7. The Morgan fingerprint density at radius 1 is 1.55 bits per heavy atom. The zero-order chi connectivity index (χ0) is 14.6. The normalized spacial score (nSPS) is 18.2. The number of hydrogen-bond donors (Lipinski definition) is 1. The molecule has 1 N–H and O–H groups in total. The van der Waals surface area contributed by atoms with E-state index in [1.54, 1.807) is 23.1 Å². The summed E-state index contributed by atoms with van der Waals surface area (Å²) in [6.45, 7) is 5.22. The summed E-state index contributed by atoms with van der Waals surface area (Å²) in [5.74, 6) is 1.93. The van der Waals surface area contributed by atoms with Crippen molar-refractivity contribution in [3.63, 3.8) is 0 Å². The summed E-state index contributed by atoms with van der Waals surface area (Å²) in [5.41, 5.74) is 0.521. The van der Waals surface area contributed by atoms with E-state index in [0.29, 0.717) is 32.4 Å². The third-order valence-electron chi connectivity index (χ3n) is 3.57. The number of piperidine rings is 1. The maximum absolute atomic E-state index is 12.0. The van der Waals surface area contributed by atoms with Crippen LogP contribution in [0.25, 0.3) is 0 Å². The average Bonchev–Trinajstić information content (AvgIpc) is 2.80. The maximum Gasteiger partial charge on any atom is 0.223 e. The number of hydrogen-bond acceptors (Lipinski definition) is 5. The van der Waals surface area contributed by atoms with Gasteiger partial charge < -0.3 is 10.0 Å². The fraction of sp³-hybridized carbons (Fsp3) is 0.714. The van der Waals surface area contributed by atoms with Crippen LogP contribution in [-0.2, 0) is 10.5 Å². The molecule has 1 aliphatic rings. The molecular weight excluding hydrogens is 292 g/mol. The van der Waals surface area contributed by atoms with Gasteiger partial charge in [0, 0.05) is 36.4 Å². The summed E-state index contributed by atoms with van der Waals surface area (Å²) in [5, 5.41) is 13.0. The molecule has 20 heavy (non-hydrogen) atoms. The first-order valence-corrected chi connectivity index (χ1v) is 8.99. The number of carbonyl (C=O) groups excluding carboxylic acids is 1. The van der Waals surface area contributed by atoms with Gasteiger partial charge in [0.15, 0.2) is 0 Å². The summed E-state index contributed by atoms with van der Waals surface area (Å²) >= 11 is 3.43. The molecule has 0 radical (unpaired) electrons. The molecule has 0 spiro atoms. The quantitative estimate of drug-likeness (QED) is 0.848. The van der Waals surface area contributed by atoms with Gasteiger partial charge in [0.2, 0.25) is 5.91 Å². The first-order valence-electron chi connectivity index (χ1n) is 6.95. The maximum atomic E-state index is 12.0. The summed E-state index contributed by atoms with van der Waals surface area (Å²) in [6.07, 6.45) is 1.95. The second kappa shape index (κ2) is 6.91. The van der Waals surface area contributed by atoms with Crippen LogP contribution in [0.1, 0.15) is 36.9 Å². The molecule has 0 aromatic carbocycles. The van der Waals surface area contributed by atoms with E-state index in [2.05, 4.69) is 10.4 Å². The van der Waals surface area contributed by atoms with E-state index < -0.39 is 5.60 Å². The first kappa shape index (κ1) is 15.8. The monoisotopic (exact) mass is 314 g/mol. The third kappa shape index (κ3) is 4.75. The van der Waals surface area contributed by atoms with Gasteiger partial charge in [-0.1, -0.05) is 0 Å². The molecule has 0 atom stereocenters. The lowest BCUT2D eigenvalue weighted by Crippen LogP contribution is -2.45. The van der Waals surface area contributed by atoms with E-state index in [1.807, 2.05) is 18.7 Å². The van der Waals surface area contributed by atoms with Crippen LogP contribution in [-0.4, -0.2) is 45.3 Å². The van der Waals surface area contributed by atoms with Gasteiger partial charge in [0.05, 0.1) is 16.3 Å². The minimum absolute atomic E-state index is 0.211. The number of aliphatic hydroxyl groups is 1. The molecule has 6 heteroatoms. The van der Waals surface area contributed by atoms with E-state index in [9.17, 15) is 9.90 Å². The van der Waals surface area contributed by atoms with Gasteiger partial charge >= 0.3 is 0 Å². The van der Waals surface area contributed by atoms with Crippen molar-refractivity contribution >= 4 is 29.0 Å². The fourth-order valence-electron chi connectivity index (χ4n) is 2.21. The van der Waals surface area contributed by atoms with E-state index in [0.717, 1.165) is 22.2 Å². The van der Waals surface area contributed by atoms with Crippen LogP contribution >= 0.6 is 23.1 Å². The van der Waals surface area contributed by atoms with Crippen molar-refractivity contribution in [3.8, 4) is 0 Å². The topological polar surface area (TPSA) is 53.4 Å². The largest absolute Gasteiger partial charge is 0.390 e. The van der Waals surface area contributed by atoms with Gasteiger partial charge in [-0.15, -0.1) is 11.3 Å². The Balaban J connectivity index is 1.63. The van der Waals surface area contributed by atoms with Crippen LogP contribution in [0.3, 0.4) is 0 Å². The summed E-state index contributed by atoms with van der Waals surface area (Å²) in [7, 11) is 0. The SMILES string of the molecule is Cc1nc(CSCCC(=O)N2CCC(C)(O)CC2)cs1. The number of rotatable bonds is 5. The highest BCUT2D eigenvalue weighted by atomic mass is 32.2. The Kier molecular flexibility index (Phi) is 5.46. The van der Waals surface area contributed by atoms with Crippen LogP contribution < -0.4 is 0 Å². The first-order chi connectivity index (χ1) is 9.46. The van der Waals surface area contributed by atoms with Gasteiger partial charge in [-0.3, -0.25) is 4.79 Å². The Hall–Kier alpha value is -0.590. The number of amides is 1. The Labute approximate surface area is 128 Å². The lowest BCUT2D eigenvalue weighted by molar-refractivity contribution is -0.134. The number of thioether (sulfide) groups is 1. The summed E-state index contributed by atoms with van der Waals surface area (Å²) < 4.78 is 0. The lowest BCUT2D eigenvalue weighted by atomic mass is 9.94. The Bertz CT molecular complexity index is 450. The molecule has 1 aromatic heterocycles. The van der Waals surface area contributed by atoms with Crippen molar-refractivity contribution in [3.05, 3.63) is 16.1 Å². The second-order valence-electron chi connectivity index (χ2n) is 5.54. The van der Waals surface area contributed by atoms with Crippen LogP contribution in [0.15, 0.2) is 5.38 Å². The van der Waals surface area contributed by atoms with Crippen molar-refractivity contribution in [2.24, 2.45) is 0 Å². The predicted molar refractivity (Wildman–Crippen MR) is 84.1 cm³/mol. The molecule has 2 heterocycles. The molecule has 1 amide bonds. The van der Waals surface area contributed by atoms with Crippen molar-refractivity contribution in [2.75, 3.05) is 18.8 Å². The highest BCUT2D eigenvalue weighted by molar-refractivity contribution is 7.98. The molecule has 112 valence electrons. The van der Waals surface area contributed by atoms with E-state index in [-0.39, 0.29) is 5.91 Å². The fourth-order valence-corrected chi connectivity index (χ4v) is 3.75. The molecular formula is C14H22N2O2S2. The molecule has 0 aliphatic carbocycles. The van der Waals surface area contributed by atoms with Crippen molar-refractivity contribution in [1.29, 1.82) is 0 Å². The number of nitrogens with zero attached hydrogens (tertiary/aromatic N) is 2. The van der Waals surface area contributed by atoms with Crippen molar-refractivity contribution in [2.45, 2.75) is 44.5 Å². The molecule has 1 aliphatic heterocycles. The van der Waals surface area contributed by atoms with Crippen molar-refractivity contribution < 1.29 is 9.90 Å². The standard InChI is InChI=1S/C14H22N2O2S2/c1-11-15-12(10-20-11)9-19-8-3-13(17)16-6-4-14(2,18)5-7-16/h10,18H,3-9H2,1-2H3. The van der Waals surface area contributed by atoms with Crippen molar-refractivity contribution in [1.82, 2.24) is 9.88 Å². The highest BCUT2D eigenvalue weighted by Gasteiger charge is 2.29. The van der Waals surface area contributed by atoms with Gasteiger partial charge in [0.1, 0.15) is 0 Å². The Morgan fingerprint density at radius 2 is 2.25 bits per heavy atom. The van der Waals surface area contributed by atoms with Gasteiger partial charge in [-0.2, -0.15) is 11.8 Å². The minimum Gasteiger partial charge on any atom is -0.390 e. The second-order valence-corrected chi connectivity index (χ2v) is 7.71. The summed E-state index contributed by atoms with van der Waals surface area (Å²) in [4.78, 5) is 18.3. The number of carbonyl (C=O) groups is 1. The van der Waals surface area contributed by atoms with E-state index >= 15 is 0 Å². The van der Waals surface area contributed by atoms with Crippen LogP contribution in [0.4, 0.5) is 0 Å². The van der Waals surface area contributed by atoms with E-state index in [4.69, 9.17) is 0 Å². The molecule has 1 saturated heterocycles. The van der Waals surface area contributed by atoms with E-state index in [1.165, 1.54) is 0 Å². The third-order valence-corrected chi connectivity index (χ3v) is 5.39. The molecule has 0 unspecified atom stereocenters. The molecule has 0 bridgehead atoms. The minimum atomic E-state index is -0.589. The van der Waals surface area contributed by atoms with Crippen LogP contribution in [0.2, 0.25) is 0 Å². The van der Waals surface area contributed by atoms with Crippen LogP contribution in [0.5, 0.6) is 0 Å². The number of aromatic nitrogens is 1. The van der Waals surface area contributed by atoms with Gasteiger partial charge in [-0.05, 0) is 26.7 Å². The zero-order valence-electron chi connectivity index (χ0n) is 12.1. The van der Waals surface area contributed by atoms with Gasteiger partial charge in [0.25, 0.3) is 0 Å². The smallest absolute Gasteiger partial charge is 0.223 e. The predicted octanol–water partition coefficient (Wildman–Crippen LogP) is 2.45. The molecule has 2 rings (SSSR count). The molecule has 0 saturated carbocycles. The number of likely N-dealkylation sites (tertiary alicyclic amines) is 1. The lowest BCUT2D eigenvalue weighted by Gasteiger charge is -2.35. The molecule has 1 aromatic rings. The summed E-state index contributed by atoms with van der Waals surface area (Å²) in [6, 6.07) is 0. The molecule has 1 fully saturated rings. The average molecular weight is 314 g/mol. The highest BCUT2D eigenvalue weighted by Crippen LogP contribution is 2.22. The van der Waals surface area contributed by atoms with Gasteiger partial charge in [-0.25, -0.2) is 4.98 Å².